The number of hydrogen-bond donors (Lipinski definition) is 0. The molecule has 0 bridgehead atoms. The fourth-order valence-corrected chi connectivity index (χ4v) is 3.55. The van der Waals surface area contributed by atoms with Crippen molar-refractivity contribution < 1.29 is 27.1 Å². The molecule has 2 aromatic carbocycles. The van der Waals surface area contributed by atoms with Gasteiger partial charge in [-0.2, -0.15) is 13.2 Å². The molecule has 0 amide bonds. The third kappa shape index (κ3) is 4.98. The number of fused-ring (bicyclic) bond motifs is 1. The van der Waals surface area contributed by atoms with Crippen LogP contribution in [0.3, 0.4) is 0 Å². The number of carbonyl (C=O) groups is 1. The Kier molecular flexibility index (Phi) is 6.14. The second-order valence-electron chi connectivity index (χ2n) is 6.06. The molecule has 0 radical (unpaired) electrons. The van der Waals surface area contributed by atoms with E-state index < -0.39 is 24.7 Å². The third-order valence-electron chi connectivity index (χ3n) is 4.06. The van der Waals surface area contributed by atoms with E-state index >= 15 is 0 Å². The number of esters is 1. The Balaban J connectivity index is 1.72. The van der Waals surface area contributed by atoms with E-state index in [4.69, 9.17) is 4.42 Å². The minimum atomic E-state index is -4.47. The summed E-state index contributed by atoms with van der Waals surface area (Å²) in [6, 6.07) is 16.7. The van der Waals surface area contributed by atoms with Crippen LogP contribution >= 0.6 is 11.8 Å². The lowest BCUT2D eigenvalue weighted by molar-refractivity contribution is -0.183. The van der Waals surface area contributed by atoms with E-state index in [1.807, 2.05) is 42.5 Å². The standard InChI is InChI=1S/C21H17F3O3S/c1-2-20(25)26-12-16(21(22,23)24)13-28-17-9-8-15-10-18(27-19(15)11-17)14-6-4-3-5-7-14/h2-11,16H,1,12-13H2. The number of hydrogen-bond acceptors (Lipinski definition) is 4. The van der Waals surface area contributed by atoms with Crippen molar-refractivity contribution in [2.45, 2.75) is 11.1 Å². The third-order valence-corrected chi connectivity index (χ3v) is 5.21. The van der Waals surface area contributed by atoms with E-state index in [-0.39, 0.29) is 5.75 Å². The van der Waals surface area contributed by atoms with E-state index in [9.17, 15) is 18.0 Å². The van der Waals surface area contributed by atoms with E-state index in [1.165, 1.54) is 0 Å². The number of alkyl halides is 3. The topological polar surface area (TPSA) is 39.4 Å². The molecule has 3 aromatic rings. The molecule has 0 aliphatic carbocycles. The van der Waals surface area contributed by atoms with Crippen molar-refractivity contribution in [2.75, 3.05) is 12.4 Å². The smallest absolute Gasteiger partial charge is 0.395 e. The molecule has 0 aliphatic heterocycles. The first-order valence-corrected chi connectivity index (χ1v) is 9.43. The molecule has 0 spiro atoms. The lowest BCUT2D eigenvalue weighted by Gasteiger charge is -2.19. The first kappa shape index (κ1) is 20.1. The Morgan fingerprint density at radius 1 is 1.18 bits per heavy atom. The number of benzene rings is 2. The van der Waals surface area contributed by atoms with Gasteiger partial charge in [-0.15, -0.1) is 11.8 Å². The van der Waals surface area contributed by atoms with Gasteiger partial charge in [0.1, 0.15) is 18.0 Å². The van der Waals surface area contributed by atoms with Gasteiger partial charge in [-0.25, -0.2) is 4.79 Å². The molecule has 1 unspecified atom stereocenters. The van der Waals surface area contributed by atoms with Crippen LogP contribution in [0, 0.1) is 5.92 Å². The quantitative estimate of drug-likeness (QED) is 0.270. The highest BCUT2D eigenvalue weighted by atomic mass is 32.2. The summed E-state index contributed by atoms with van der Waals surface area (Å²) < 4.78 is 49.9. The lowest BCUT2D eigenvalue weighted by atomic mass is 10.1. The number of thioether (sulfide) groups is 1. The number of furan rings is 1. The van der Waals surface area contributed by atoms with Crippen LogP contribution in [0.2, 0.25) is 0 Å². The van der Waals surface area contributed by atoms with Gasteiger partial charge in [0.05, 0.1) is 5.92 Å². The molecule has 0 N–H and O–H groups in total. The number of ether oxygens (including phenoxy) is 1. The average molecular weight is 406 g/mol. The lowest BCUT2D eigenvalue weighted by Crippen LogP contribution is -2.30. The van der Waals surface area contributed by atoms with Crippen molar-refractivity contribution in [1.82, 2.24) is 0 Å². The van der Waals surface area contributed by atoms with Gasteiger partial charge in [0.2, 0.25) is 0 Å². The number of rotatable bonds is 7. The van der Waals surface area contributed by atoms with Crippen molar-refractivity contribution in [3.63, 3.8) is 0 Å². The van der Waals surface area contributed by atoms with Crippen LogP contribution in [-0.4, -0.2) is 24.5 Å². The molecule has 1 atom stereocenters. The highest BCUT2D eigenvalue weighted by Crippen LogP contribution is 2.34. The van der Waals surface area contributed by atoms with Gasteiger partial charge >= 0.3 is 12.1 Å². The minimum absolute atomic E-state index is 0.272. The molecule has 3 nitrogen and oxygen atoms in total. The maximum absolute atomic E-state index is 13.2. The Bertz CT molecular complexity index is 964. The molecule has 3 rings (SSSR count). The Morgan fingerprint density at radius 2 is 1.93 bits per heavy atom. The molecule has 1 heterocycles. The van der Waals surface area contributed by atoms with E-state index in [0.29, 0.717) is 16.2 Å². The molecule has 7 heteroatoms. The second kappa shape index (κ2) is 8.56. The summed E-state index contributed by atoms with van der Waals surface area (Å²) >= 11 is 1.04. The minimum Gasteiger partial charge on any atom is -0.462 e. The first-order chi connectivity index (χ1) is 13.4. The normalized spacial score (nSPS) is 12.7. The highest BCUT2D eigenvalue weighted by Gasteiger charge is 2.40. The first-order valence-electron chi connectivity index (χ1n) is 8.44. The van der Waals surface area contributed by atoms with Gasteiger partial charge in [-0.1, -0.05) is 36.9 Å². The molecule has 0 aliphatic rings. The fraction of sp³-hybridized carbons (Fsp3) is 0.190. The summed E-state index contributed by atoms with van der Waals surface area (Å²) in [5.41, 5.74) is 1.53. The molecule has 1 aromatic heterocycles. The van der Waals surface area contributed by atoms with Gasteiger partial charge in [-0.05, 0) is 24.3 Å². The summed E-state index contributed by atoms with van der Waals surface area (Å²) in [6.07, 6.45) is -3.63. The molecular weight excluding hydrogens is 389 g/mol. The second-order valence-corrected chi connectivity index (χ2v) is 7.15. The largest absolute Gasteiger partial charge is 0.462 e. The SMILES string of the molecule is C=CC(=O)OCC(CSc1ccc2cc(-c3ccccc3)oc2c1)C(F)(F)F. The van der Waals surface area contributed by atoms with E-state index in [1.54, 1.807) is 12.1 Å². The molecule has 0 saturated heterocycles. The van der Waals surface area contributed by atoms with Crippen LogP contribution in [0.25, 0.3) is 22.3 Å². The molecular formula is C21H17F3O3S. The zero-order valence-electron chi connectivity index (χ0n) is 14.7. The predicted octanol–water partition coefficient (Wildman–Crippen LogP) is 6.10. The van der Waals surface area contributed by atoms with Crippen molar-refractivity contribution in [3.05, 3.63) is 67.3 Å². The maximum Gasteiger partial charge on any atom is 0.395 e. The van der Waals surface area contributed by atoms with Crippen LogP contribution in [0.5, 0.6) is 0 Å². The zero-order chi connectivity index (χ0) is 20.1. The van der Waals surface area contributed by atoms with Gasteiger partial charge < -0.3 is 9.15 Å². The summed E-state index contributed by atoms with van der Waals surface area (Å²) in [4.78, 5) is 11.7. The monoisotopic (exact) mass is 406 g/mol. The Morgan fingerprint density at radius 3 is 2.61 bits per heavy atom. The van der Waals surface area contributed by atoms with Crippen molar-refractivity contribution in [1.29, 1.82) is 0 Å². The summed E-state index contributed by atoms with van der Waals surface area (Å²) in [6.45, 7) is 2.44. The van der Waals surface area contributed by atoms with Gasteiger partial charge in [0.25, 0.3) is 0 Å². The van der Waals surface area contributed by atoms with Crippen LogP contribution in [0.4, 0.5) is 13.2 Å². The van der Waals surface area contributed by atoms with Crippen molar-refractivity contribution >= 4 is 28.7 Å². The highest BCUT2D eigenvalue weighted by molar-refractivity contribution is 7.99. The summed E-state index contributed by atoms with van der Waals surface area (Å²) in [5, 5.41) is 0.871. The molecule has 0 fully saturated rings. The van der Waals surface area contributed by atoms with Crippen LogP contribution in [0.15, 0.2) is 76.6 Å². The van der Waals surface area contributed by atoms with Crippen LogP contribution in [-0.2, 0) is 9.53 Å². The molecule has 146 valence electrons. The van der Waals surface area contributed by atoms with Crippen LogP contribution in [0.1, 0.15) is 0 Å². The van der Waals surface area contributed by atoms with Gasteiger partial charge in [0, 0.05) is 27.7 Å². The van der Waals surface area contributed by atoms with Crippen molar-refractivity contribution in [2.24, 2.45) is 5.92 Å². The van der Waals surface area contributed by atoms with Crippen LogP contribution < -0.4 is 0 Å². The predicted molar refractivity (Wildman–Crippen MR) is 103 cm³/mol. The maximum atomic E-state index is 13.2. The van der Waals surface area contributed by atoms with E-state index in [2.05, 4.69) is 11.3 Å². The Hall–Kier alpha value is -2.67. The molecule has 0 saturated carbocycles. The van der Waals surface area contributed by atoms with Gasteiger partial charge in [0.15, 0.2) is 0 Å². The number of carbonyl (C=O) groups excluding carboxylic acids is 1. The van der Waals surface area contributed by atoms with E-state index in [0.717, 1.165) is 28.8 Å². The summed E-state index contributed by atoms with van der Waals surface area (Å²) in [5.74, 6) is -2.22. The average Bonchev–Trinajstić information content (AvgIpc) is 3.10. The fourth-order valence-electron chi connectivity index (χ4n) is 2.52. The molecule has 28 heavy (non-hydrogen) atoms. The zero-order valence-corrected chi connectivity index (χ0v) is 15.6. The summed E-state index contributed by atoms with van der Waals surface area (Å²) in [7, 11) is 0. The number of halogens is 3. The van der Waals surface area contributed by atoms with Gasteiger partial charge in [-0.3, -0.25) is 0 Å². The Labute approximate surface area is 164 Å². The van der Waals surface area contributed by atoms with Crippen molar-refractivity contribution in [3.8, 4) is 11.3 Å².